The lowest BCUT2D eigenvalue weighted by Gasteiger charge is -2.24. The van der Waals surface area contributed by atoms with Gasteiger partial charge in [0.05, 0.1) is 12.2 Å². The van der Waals surface area contributed by atoms with Gasteiger partial charge in [-0.15, -0.1) is 0 Å². The zero-order valence-electron chi connectivity index (χ0n) is 10.3. The van der Waals surface area contributed by atoms with Crippen LogP contribution in [0.1, 0.15) is 29.7 Å². The smallest absolute Gasteiger partial charge is 0.147 e. The average molecular weight is 231 g/mol. The molecule has 1 heterocycles. The highest BCUT2D eigenvalue weighted by atomic mass is 16.3. The molecular formula is C13H17N3O. The Morgan fingerprint density at radius 2 is 2.24 bits per heavy atom. The molecule has 1 aromatic heterocycles. The second kappa shape index (κ2) is 4.72. The minimum absolute atomic E-state index is 0.0933. The van der Waals surface area contributed by atoms with E-state index in [9.17, 15) is 5.26 Å². The van der Waals surface area contributed by atoms with Crippen molar-refractivity contribution in [1.82, 2.24) is 4.98 Å². The molecule has 0 aliphatic heterocycles. The van der Waals surface area contributed by atoms with Crippen LogP contribution in [0.3, 0.4) is 0 Å². The van der Waals surface area contributed by atoms with Gasteiger partial charge in [-0.3, -0.25) is 0 Å². The number of rotatable bonds is 4. The largest absolute Gasteiger partial charge is 0.395 e. The molecule has 90 valence electrons. The van der Waals surface area contributed by atoms with Crippen molar-refractivity contribution in [3.63, 3.8) is 0 Å². The zero-order valence-corrected chi connectivity index (χ0v) is 10.3. The summed E-state index contributed by atoms with van der Waals surface area (Å²) in [6.45, 7) is 4.51. The number of aliphatic hydroxyl groups is 1. The fourth-order valence-corrected chi connectivity index (χ4v) is 2.12. The molecule has 0 unspecified atom stereocenters. The standard InChI is InChI=1S/C13H17N3O/c1-9-7-10(2)15-13(12(9)8-14)16(5-6-17)11-3-4-11/h7,11,17H,3-6H2,1-2H3. The third kappa shape index (κ3) is 2.40. The van der Waals surface area contributed by atoms with Gasteiger partial charge in [-0.1, -0.05) is 0 Å². The number of hydrogen-bond acceptors (Lipinski definition) is 4. The van der Waals surface area contributed by atoms with Crippen LogP contribution in [0.5, 0.6) is 0 Å². The van der Waals surface area contributed by atoms with E-state index in [0.29, 0.717) is 18.2 Å². The molecule has 2 rings (SSSR count). The fourth-order valence-electron chi connectivity index (χ4n) is 2.12. The van der Waals surface area contributed by atoms with E-state index in [-0.39, 0.29) is 6.61 Å². The molecule has 0 atom stereocenters. The molecule has 4 heteroatoms. The van der Waals surface area contributed by atoms with Crippen LogP contribution in [0.2, 0.25) is 0 Å². The molecule has 17 heavy (non-hydrogen) atoms. The van der Waals surface area contributed by atoms with E-state index in [1.807, 2.05) is 19.9 Å². The minimum atomic E-state index is 0.0933. The second-order valence-electron chi connectivity index (χ2n) is 4.54. The van der Waals surface area contributed by atoms with Crippen molar-refractivity contribution in [2.24, 2.45) is 0 Å². The van der Waals surface area contributed by atoms with Gasteiger partial charge in [0.15, 0.2) is 0 Å². The lowest BCUT2D eigenvalue weighted by Crippen LogP contribution is -2.30. The summed E-state index contributed by atoms with van der Waals surface area (Å²) in [6.07, 6.45) is 2.25. The summed E-state index contributed by atoms with van der Waals surface area (Å²) < 4.78 is 0. The molecule has 4 nitrogen and oxygen atoms in total. The molecule has 1 N–H and O–H groups in total. The van der Waals surface area contributed by atoms with Gasteiger partial charge < -0.3 is 10.0 Å². The van der Waals surface area contributed by atoms with E-state index in [2.05, 4.69) is 16.0 Å². The highest BCUT2D eigenvalue weighted by molar-refractivity contribution is 5.59. The number of nitrogens with zero attached hydrogens (tertiary/aromatic N) is 3. The molecule has 0 aromatic carbocycles. The van der Waals surface area contributed by atoms with Crippen LogP contribution in [0.25, 0.3) is 0 Å². The summed E-state index contributed by atoms with van der Waals surface area (Å²) in [7, 11) is 0. The molecule has 0 amide bonds. The van der Waals surface area contributed by atoms with Gasteiger partial charge in [0.2, 0.25) is 0 Å². The molecular weight excluding hydrogens is 214 g/mol. The first-order chi connectivity index (χ1) is 8.17. The van der Waals surface area contributed by atoms with E-state index in [4.69, 9.17) is 5.11 Å². The number of aromatic nitrogens is 1. The Bertz CT molecular complexity index is 460. The van der Waals surface area contributed by atoms with Gasteiger partial charge in [-0.05, 0) is 38.3 Å². The molecule has 0 bridgehead atoms. The summed E-state index contributed by atoms with van der Waals surface area (Å²) in [5.74, 6) is 0.738. The van der Waals surface area contributed by atoms with Crippen molar-refractivity contribution in [2.75, 3.05) is 18.1 Å². The van der Waals surface area contributed by atoms with E-state index in [1.165, 1.54) is 0 Å². The molecule has 1 aliphatic carbocycles. The van der Waals surface area contributed by atoms with Gasteiger partial charge in [0.25, 0.3) is 0 Å². The molecule has 1 aliphatic rings. The number of nitriles is 1. The van der Waals surface area contributed by atoms with Crippen LogP contribution < -0.4 is 4.90 Å². The highest BCUT2D eigenvalue weighted by Gasteiger charge is 2.31. The van der Waals surface area contributed by atoms with Crippen molar-refractivity contribution in [3.8, 4) is 6.07 Å². The van der Waals surface area contributed by atoms with Crippen LogP contribution in [0, 0.1) is 25.2 Å². The average Bonchev–Trinajstić information content (AvgIpc) is 3.08. The summed E-state index contributed by atoms with van der Waals surface area (Å²) in [5.41, 5.74) is 2.51. The molecule has 1 fully saturated rings. The van der Waals surface area contributed by atoms with Crippen LogP contribution in [0.4, 0.5) is 5.82 Å². The maximum absolute atomic E-state index is 9.23. The Labute approximate surface area is 102 Å². The third-order valence-corrected chi connectivity index (χ3v) is 3.04. The topological polar surface area (TPSA) is 60.2 Å². The van der Waals surface area contributed by atoms with Crippen molar-refractivity contribution < 1.29 is 5.11 Å². The first kappa shape index (κ1) is 11.9. The number of pyridine rings is 1. The third-order valence-electron chi connectivity index (χ3n) is 3.04. The van der Waals surface area contributed by atoms with Crippen molar-refractivity contribution in [2.45, 2.75) is 32.7 Å². The van der Waals surface area contributed by atoms with E-state index in [0.717, 1.165) is 29.9 Å². The first-order valence-corrected chi connectivity index (χ1v) is 5.93. The quantitative estimate of drug-likeness (QED) is 0.853. The van der Waals surface area contributed by atoms with Crippen molar-refractivity contribution in [1.29, 1.82) is 5.26 Å². The van der Waals surface area contributed by atoms with Crippen molar-refractivity contribution >= 4 is 5.82 Å². The summed E-state index contributed by atoms with van der Waals surface area (Å²) in [4.78, 5) is 6.55. The first-order valence-electron chi connectivity index (χ1n) is 5.93. The number of aliphatic hydroxyl groups excluding tert-OH is 1. The Hall–Kier alpha value is -1.60. The molecule has 1 aromatic rings. The predicted octanol–water partition coefficient (Wildman–Crippen LogP) is 1.53. The maximum Gasteiger partial charge on any atom is 0.147 e. The van der Waals surface area contributed by atoms with Crippen LogP contribution in [0.15, 0.2) is 6.07 Å². The maximum atomic E-state index is 9.23. The van der Waals surface area contributed by atoms with Crippen LogP contribution in [-0.2, 0) is 0 Å². The lowest BCUT2D eigenvalue weighted by atomic mass is 10.1. The Balaban J connectivity index is 2.44. The van der Waals surface area contributed by atoms with Gasteiger partial charge in [0.1, 0.15) is 11.9 Å². The normalized spacial score (nSPS) is 14.5. The summed E-state index contributed by atoms with van der Waals surface area (Å²) in [6, 6.07) is 4.60. The minimum Gasteiger partial charge on any atom is -0.395 e. The zero-order chi connectivity index (χ0) is 12.4. The van der Waals surface area contributed by atoms with E-state index in [1.54, 1.807) is 0 Å². The Kier molecular flexibility index (Phi) is 3.30. The summed E-state index contributed by atoms with van der Waals surface area (Å²) in [5, 5.41) is 18.4. The lowest BCUT2D eigenvalue weighted by molar-refractivity contribution is 0.301. The van der Waals surface area contributed by atoms with E-state index >= 15 is 0 Å². The van der Waals surface area contributed by atoms with Crippen molar-refractivity contribution in [3.05, 3.63) is 22.9 Å². The molecule has 1 saturated carbocycles. The van der Waals surface area contributed by atoms with Crippen LogP contribution >= 0.6 is 0 Å². The number of anilines is 1. The predicted molar refractivity (Wildman–Crippen MR) is 65.9 cm³/mol. The monoisotopic (exact) mass is 231 g/mol. The number of aryl methyl sites for hydroxylation is 2. The SMILES string of the molecule is Cc1cc(C)c(C#N)c(N(CCO)C2CC2)n1. The van der Waals surface area contributed by atoms with Gasteiger partial charge in [0, 0.05) is 18.3 Å². The fraction of sp³-hybridized carbons (Fsp3) is 0.538. The van der Waals surface area contributed by atoms with E-state index < -0.39 is 0 Å². The summed E-state index contributed by atoms with van der Waals surface area (Å²) >= 11 is 0. The number of hydrogen-bond donors (Lipinski definition) is 1. The van der Waals surface area contributed by atoms with Gasteiger partial charge in [-0.2, -0.15) is 5.26 Å². The van der Waals surface area contributed by atoms with Crippen LogP contribution in [-0.4, -0.2) is 29.3 Å². The van der Waals surface area contributed by atoms with Gasteiger partial charge in [-0.25, -0.2) is 4.98 Å². The molecule has 0 saturated heterocycles. The van der Waals surface area contributed by atoms with Gasteiger partial charge >= 0.3 is 0 Å². The molecule has 0 radical (unpaired) electrons. The Morgan fingerprint density at radius 3 is 2.76 bits per heavy atom. The Morgan fingerprint density at radius 1 is 1.53 bits per heavy atom. The second-order valence-corrected chi connectivity index (χ2v) is 4.54. The molecule has 0 spiro atoms. The highest BCUT2D eigenvalue weighted by Crippen LogP contribution is 2.33.